The lowest BCUT2D eigenvalue weighted by Gasteiger charge is -2.31. The van der Waals surface area contributed by atoms with Gasteiger partial charge in [-0.2, -0.15) is 0 Å². The second-order valence-corrected chi connectivity index (χ2v) is 8.08. The fraction of sp³-hybridized carbons (Fsp3) is 0.370. The van der Waals surface area contributed by atoms with Gasteiger partial charge in [-0.1, -0.05) is 42.5 Å². The molecule has 0 saturated heterocycles. The third-order valence-electron chi connectivity index (χ3n) is 5.97. The molecule has 0 fully saturated rings. The highest BCUT2D eigenvalue weighted by Gasteiger charge is 2.20. The van der Waals surface area contributed by atoms with E-state index in [2.05, 4.69) is 53.4 Å². The van der Waals surface area contributed by atoms with Crippen molar-refractivity contribution < 1.29 is 19.0 Å². The molecule has 5 heteroatoms. The molecule has 1 aliphatic heterocycles. The SMILES string of the molecule is CCOC(Cc1ccc2cc(OCCN3CCCc4ccccc43)ccc2c1)C(=O)OC. The zero-order valence-electron chi connectivity index (χ0n) is 18.9. The van der Waals surface area contributed by atoms with Crippen molar-refractivity contribution in [2.75, 3.05) is 38.3 Å². The Morgan fingerprint density at radius 3 is 2.72 bits per heavy atom. The molecule has 0 spiro atoms. The van der Waals surface area contributed by atoms with E-state index in [0.29, 0.717) is 19.6 Å². The summed E-state index contributed by atoms with van der Waals surface area (Å²) >= 11 is 0. The van der Waals surface area contributed by atoms with Crippen LogP contribution in [0.25, 0.3) is 10.8 Å². The van der Waals surface area contributed by atoms with Crippen LogP contribution in [-0.2, 0) is 27.1 Å². The van der Waals surface area contributed by atoms with Gasteiger partial charge >= 0.3 is 5.97 Å². The molecule has 1 atom stereocenters. The predicted molar refractivity (Wildman–Crippen MR) is 128 cm³/mol. The first-order chi connectivity index (χ1) is 15.7. The van der Waals surface area contributed by atoms with Gasteiger partial charge in [0.25, 0.3) is 0 Å². The number of carbonyl (C=O) groups is 1. The molecule has 4 rings (SSSR count). The highest BCUT2D eigenvalue weighted by Crippen LogP contribution is 2.27. The Bertz CT molecular complexity index is 1060. The Labute approximate surface area is 189 Å². The minimum Gasteiger partial charge on any atom is -0.492 e. The van der Waals surface area contributed by atoms with Gasteiger partial charge in [-0.05, 0) is 59.9 Å². The Hall–Kier alpha value is -3.05. The molecule has 0 saturated carbocycles. The summed E-state index contributed by atoms with van der Waals surface area (Å²) in [7, 11) is 1.39. The number of hydrogen-bond acceptors (Lipinski definition) is 5. The first kappa shape index (κ1) is 22.2. The number of esters is 1. The maximum absolute atomic E-state index is 11.9. The molecule has 3 aromatic carbocycles. The van der Waals surface area contributed by atoms with Crippen molar-refractivity contribution in [1.29, 1.82) is 0 Å². The van der Waals surface area contributed by atoms with E-state index in [1.54, 1.807) is 0 Å². The minimum atomic E-state index is -0.579. The molecular formula is C27H31NO4. The lowest BCUT2D eigenvalue weighted by atomic mass is 10.0. The summed E-state index contributed by atoms with van der Waals surface area (Å²) in [5.41, 5.74) is 3.81. The molecule has 3 aromatic rings. The zero-order chi connectivity index (χ0) is 22.3. The highest BCUT2D eigenvalue weighted by molar-refractivity contribution is 5.85. The number of rotatable bonds is 9. The largest absolute Gasteiger partial charge is 0.492 e. The summed E-state index contributed by atoms with van der Waals surface area (Å²) < 4.78 is 16.5. The number of aryl methyl sites for hydroxylation is 1. The van der Waals surface area contributed by atoms with Gasteiger partial charge < -0.3 is 19.1 Å². The van der Waals surface area contributed by atoms with Gasteiger partial charge in [0.2, 0.25) is 0 Å². The van der Waals surface area contributed by atoms with Gasteiger partial charge in [0.05, 0.1) is 13.7 Å². The van der Waals surface area contributed by atoms with Crippen LogP contribution in [-0.4, -0.2) is 45.5 Å². The lowest BCUT2D eigenvalue weighted by Crippen LogP contribution is -2.33. The van der Waals surface area contributed by atoms with Crippen LogP contribution >= 0.6 is 0 Å². The molecule has 1 heterocycles. The molecule has 0 aromatic heterocycles. The first-order valence-corrected chi connectivity index (χ1v) is 11.4. The second-order valence-electron chi connectivity index (χ2n) is 8.08. The fourth-order valence-electron chi connectivity index (χ4n) is 4.36. The van der Waals surface area contributed by atoms with Crippen molar-refractivity contribution in [3.63, 3.8) is 0 Å². The second kappa shape index (κ2) is 10.5. The van der Waals surface area contributed by atoms with Gasteiger partial charge in [-0.3, -0.25) is 0 Å². The van der Waals surface area contributed by atoms with Crippen LogP contribution in [0.15, 0.2) is 60.7 Å². The normalized spacial score (nSPS) is 14.1. The molecule has 32 heavy (non-hydrogen) atoms. The van der Waals surface area contributed by atoms with Crippen LogP contribution in [0.4, 0.5) is 5.69 Å². The summed E-state index contributed by atoms with van der Waals surface area (Å²) in [6.07, 6.45) is 2.26. The van der Waals surface area contributed by atoms with E-state index in [9.17, 15) is 4.79 Å². The highest BCUT2D eigenvalue weighted by atomic mass is 16.6. The van der Waals surface area contributed by atoms with Crippen molar-refractivity contribution in [2.45, 2.75) is 32.3 Å². The summed E-state index contributed by atoms with van der Waals surface area (Å²) in [5, 5.41) is 2.22. The molecule has 0 aliphatic carbocycles. The Balaban J connectivity index is 1.38. The number of carbonyl (C=O) groups excluding carboxylic acids is 1. The third kappa shape index (κ3) is 5.22. The van der Waals surface area contributed by atoms with Gasteiger partial charge in [-0.15, -0.1) is 0 Å². The monoisotopic (exact) mass is 433 g/mol. The molecule has 168 valence electrons. The van der Waals surface area contributed by atoms with Crippen molar-refractivity contribution in [3.05, 3.63) is 71.8 Å². The van der Waals surface area contributed by atoms with Crippen LogP contribution in [0.1, 0.15) is 24.5 Å². The van der Waals surface area contributed by atoms with Gasteiger partial charge in [-0.25, -0.2) is 4.79 Å². The topological polar surface area (TPSA) is 48.0 Å². The van der Waals surface area contributed by atoms with E-state index in [-0.39, 0.29) is 5.97 Å². The van der Waals surface area contributed by atoms with Crippen molar-refractivity contribution in [2.24, 2.45) is 0 Å². The van der Waals surface area contributed by atoms with Crippen LogP contribution < -0.4 is 9.64 Å². The minimum absolute atomic E-state index is 0.341. The lowest BCUT2D eigenvalue weighted by molar-refractivity contribution is -0.153. The maximum Gasteiger partial charge on any atom is 0.335 e. The number of nitrogens with zero attached hydrogens (tertiary/aromatic N) is 1. The van der Waals surface area contributed by atoms with Crippen LogP contribution in [0.2, 0.25) is 0 Å². The number of anilines is 1. The number of ether oxygens (including phenoxy) is 3. The van der Waals surface area contributed by atoms with Crippen molar-refractivity contribution in [3.8, 4) is 5.75 Å². The van der Waals surface area contributed by atoms with E-state index >= 15 is 0 Å². The number of fused-ring (bicyclic) bond motifs is 2. The first-order valence-electron chi connectivity index (χ1n) is 11.4. The standard InChI is InChI=1S/C27H31NO4/c1-3-31-26(27(29)30-2)18-20-10-11-23-19-24(13-12-22(23)17-20)32-16-15-28-14-6-8-21-7-4-5-9-25(21)28/h4-5,7,9-13,17,19,26H,3,6,8,14-16,18H2,1-2H3. The molecule has 1 unspecified atom stereocenters. The number of benzene rings is 3. The zero-order valence-corrected chi connectivity index (χ0v) is 18.9. The summed E-state index contributed by atoms with van der Waals surface area (Å²) in [6.45, 7) is 4.95. The average molecular weight is 434 g/mol. The number of hydrogen-bond donors (Lipinski definition) is 0. The molecule has 0 radical (unpaired) electrons. The summed E-state index contributed by atoms with van der Waals surface area (Å²) in [6, 6.07) is 21.0. The molecule has 0 N–H and O–H groups in total. The van der Waals surface area contributed by atoms with Crippen molar-refractivity contribution >= 4 is 22.4 Å². The quantitative estimate of drug-likeness (QED) is 0.454. The molecule has 0 amide bonds. The number of methoxy groups -OCH3 is 1. The van der Waals surface area contributed by atoms with Crippen LogP contribution in [0.5, 0.6) is 5.75 Å². The number of para-hydroxylation sites is 1. The van der Waals surface area contributed by atoms with Gasteiger partial charge in [0.15, 0.2) is 6.10 Å². The van der Waals surface area contributed by atoms with Crippen LogP contribution in [0.3, 0.4) is 0 Å². The molecule has 0 bridgehead atoms. The smallest absolute Gasteiger partial charge is 0.335 e. The Morgan fingerprint density at radius 2 is 1.88 bits per heavy atom. The third-order valence-corrected chi connectivity index (χ3v) is 5.97. The Kier molecular flexibility index (Phi) is 7.28. The van der Waals surface area contributed by atoms with E-state index in [4.69, 9.17) is 14.2 Å². The van der Waals surface area contributed by atoms with E-state index in [0.717, 1.165) is 41.6 Å². The maximum atomic E-state index is 11.9. The van der Waals surface area contributed by atoms with E-state index in [1.807, 2.05) is 19.1 Å². The molecule has 1 aliphatic rings. The van der Waals surface area contributed by atoms with Crippen molar-refractivity contribution in [1.82, 2.24) is 0 Å². The summed E-state index contributed by atoms with van der Waals surface area (Å²) in [5.74, 6) is 0.532. The van der Waals surface area contributed by atoms with Gasteiger partial charge in [0, 0.05) is 25.3 Å². The molecular weight excluding hydrogens is 402 g/mol. The van der Waals surface area contributed by atoms with E-state index in [1.165, 1.54) is 24.8 Å². The van der Waals surface area contributed by atoms with E-state index < -0.39 is 6.10 Å². The fourth-order valence-corrected chi connectivity index (χ4v) is 4.36. The van der Waals surface area contributed by atoms with Crippen LogP contribution in [0, 0.1) is 0 Å². The summed E-state index contributed by atoms with van der Waals surface area (Å²) in [4.78, 5) is 14.3. The molecule has 5 nitrogen and oxygen atoms in total. The predicted octanol–water partition coefficient (Wildman–Crippen LogP) is 4.79. The Morgan fingerprint density at radius 1 is 1.06 bits per heavy atom. The van der Waals surface area contributed by atoms with Gasteiger partial charge in [0.1, 0.15) is 12.4 Å². The average Bonchev–Trinajstić information content (AvgIpc) is 2.83.